The molecule has 1 heterocycles. The van der Waals surface area contributed by atoms with Crippen LogP contribution in [0.5, 0.6) is 0 Å². The van der Waals surface area contributed by atoms with Gasteiger partial charge in [0.05, 0.1) is 6.10 Å². The monoisotopic (exact) mass is 198 g/mol. The van der Waals surface area contributed by atoms with Gasteiger partial charge in [-0.2, -0.15) is 0 Å². The predicted octanol–water partition coefficient (Wildman–Crippen LogP) is 1.43. The lowest BCUT2D eigenvalue weighted by Crippen LogP contribution is -2.45. The van der Waals surface area contributed by atoms with E-state index >= 15 is 0 Å². The number of ether oxygens (including phenoxy) is 1. The predicted molar refractivity (Wildman–Crippen MR) is 56.6 cm³/mol. The minimum absolute atomic E-state index is 0.346. The first-order chi connectivity index (χ1) is 6.81. The average Bonchev–Trinajstić information content (AvgIpc) is 2.92. The molecule has 0 aromatic carbocycles. The Balaban J connectivity index is 1.77. The van der Waals surface area contributed by atoms with Crippen LogP contribution in [0.1, 0.15) is 39.0 Å². The minimum Gasteiger partial charge on any atom is -0.376 e. The van der Waals surface area contributed by atoms with Crippen molar-refractivity contribution in [3.05, 3.63) is 0 Å². The minimum atomic E-state index is 0.346. The molecule has 0 aromatic heterocycles. The Morgan fingerprint density at radius 3 is 2.71 bits per heavy atom. The van der Waals surface area contributed by atoms with Gasteiger partial charge in [0, 0.05) is 12.6 Å². The lowest BCUT2D eigenvalue weighted by molar-refractivity contribution is 0.0571. The summed E-state index contributed by atoms with van der Waals surface area (Å²) in [6.07, 6.45) is 6.89. The highest BCUT2D eigenvalue weighted by molar-refractivity contribution is 4.85. The van der Waals surface area contributed by atoms with Gasteiger partial charge in [-0.1, -0.05) is 19.8 Å². The van der Waals surface area contributed by atoms with Crippen molar-refractivity contribution >= 4 is 0 Å². The summed E-state index contributed by atoms with van der Waals surface area (Å²) in [6.45, 7) is 3.17. The maximum absolute atomic E-state index is 5.73. The van der Waals surface area contributed by atoms with Crippen LogP contribution in [0.4, 0.5) is 0 Å². The van der Waals surface area contributed by atoms with Crippen LogP contribution >= 0.6 is 0 Å². The van der Waals surface area contributed by atoms with Crippen LogP contribution < -0.4 is 11.3 Å². The molecule has 0 aromatic rings. The van der Waals surface area contributed by atoms with Crippen molar-refractivity contribution in [2.75, 3.05) is 6.61 Å². The summed E-state index contributed by atoms with van der Waals surface area (Å²) >= 11 is 0. The van der Waals surface area contributed by atoms with Crippen LogP contribution in [-0.4, -0.2) is 18.8 Å². The Morgan fingerprint density at radius 1 is 1.43 bits per heavy atom. The standard InChI is InChI=1S/C11H22N2O/c1-8-6-7-14-11(8)10(13-12)5-4-9-2-3-9/h8-11,13H,2-7,12H2,1H3. The zero-order valence-corrected chi connectivity index (χ0v) is 9.04. The molecule has 0 spiro atoms. The quantitative estimate of drug-likeness (QED) is 0.519. The molecule has 82 valence electrons. The highest BCUT2D eigenvalue weighted by Crippen LogP contribution is 2.35. The number of nitrogens with one attached hydrogen (secondary N) is 1. The molecule has 0 amide bonds. The zero-order valence-electron chi connectivity index (χ0n) is 9.04. The van der Waals surface area contributed by atoms with Gasteiger partial charge in [-0.25, -0.2) is 0 Å². The van der Waals surface area contributed by atoms with Crippen LogP contribution in [0.25, 0.3) is 0 Å². The van der Waals surface area contributed by atoms with Crippen LogP contribution in [0.15, 0.2) is 0 Å². The van der Waals surface area contributed by atoms with Gasteiger partial charge in [0.1, 0.15) is 0 Å². The first kappa shape index (κ1) is 10.4. The Kier molecular flexibility index (Phi) is 3.42. The highest BCUT2D eigenvalue weighted by atomic mass is 16.5. The molecule has 0 bridgehead atoms. The van der Waals surface area contributed by atoms with E-state index in [-0.39, 0.29) is 0 Å². The van der Waals surface area contributed by atoms with Crippen LogP contribution in [0, 0.1) is 11.8 Å². The fourth-order valence-electron chi connectivity index (χ4n) is 2.40. The van der Waals surface area contributed by atoms with E-state index in [1.165, 1.54) is 32.1 Å². The van der Waals surface area contributed by atoms with E-state index in [2.05, 4.69) is 12.3 Å². The lowest BCUT2D eigenvalue weighted by atomic mass is 9.94. The Hall–Kier alpha value is -0.120. The van der Waals surface area contributed by atoms with Crippen molar-refractivity contribution in [3.8, 4) is 0 Å². The Morgan fingerprint density at radius 2 is 2.21 bits per heavy atom. The summed E-state index contributed by atoms with van der Waals surface area (Å²) in [7, 11) is 0. The molecule has 3 heteroatoms. The summed E-state index contributed by atoms with van der Waals surface area (Å²) in [5, 5.41) is 0. The van der Waals surface area contributed by atoms with Crippen molar-refractivity contribution in [2.24, 2.45) is 17.7 Å². The molecule has 3 unspecified atom stereocenters. The first-order valence-electron chi connectivity index (χ1n) is 5.89. The maximum atomic E-state index is 5.73. The van der Waals surface area contributed by atoms with Gasteiger partial charge >= 0.3 is 0 Å². The SMILES string of the molecule is CC1CCOC1C(CCC1CC1)NN. The Labute approximate surface area is 86.4 Å². The molecule has 0 radical (unpaired) electrons. The molecule has 1 aliphatic carbocycles. The van der Waals surface area contributed by atoms with E-state index < -0.39 is 0 Å². The van der Waals surface area contributed by atoms with E-state index in [1.54, 1.807) is 0 Å². The van der Waals surface area contributed by atoms with Gasteiger partial charge in [0.25, 0.3) is 0 Å². The summed E-state index contributed by atoms with van der Waals surface area (Å²) < 4.78 is 5.73. The van der Waals surface area contributed by atoms with Crippen LogP contribution in [0.2, 0.25) is 0 Å². The van der Waals surface area contributed by atoms with Crippen LogP contribution in [0.3, 0.4) is 0 Å². The third-order valence-corrected chi connectivity index (χ3v) is 3.64. The molecule has 1 aliphatic heterocycles. The third-order valence-electron chi connectivity index (χ3n) is 3.64. The van der Waals surface area contributed by atoms with Gasteiger partial charge in [-0.05, 0) is 31.1 Å². The normalized spacial score (nSPS) is 34.7. The van der Waals surface area contributed by atoms with Gasteiger partial charge in [0.15, 0.2) is 0 Å². The van der Waals surface area contributed by atoms with Gasteiger partial charge in [-0.3, -0.25) is 11.3 Å². The number of hydrogen-bond acceptors (Lipinski definition) is 3. The Bertz CT molecular complexity index is 182. The van der Waals surface area contributed by atoms with Crippen molar-refractivity contribution in [3.63, 3.8) is 0 Å². The second-order valence-electron chi connectivity index (χ2n) is 4.90. The van der Waals surface area contributed by atoms with Gasteiger partial charge in [0.2, 0.25) is 0 Å². The maximum Gasteiger partial charge on any atom is 0.0767 e. The molecule has 1 saturated heterocycles. The fourth-order valence-corrected chi connectivity index (χ4v) is 2.40. The zero-order chi connectivity index (χ0) is 9.97. The number of hydrogen-bond donors (Lipinski definition) is 2. The van der Waals surface area contributed by atoms with Crippen molar-refractivity contribution in [2.45, 2.75) is 51.2 Å². The van der Waals surface area contributed by atoms with E-state index in [0.29, 0.717) is 18.1 Å². The van der Waals surface area contributed by atoms with Crippen molar-refractivity contribution in [1.82, 2.24) is 5.43 Å². The van der Waals surface area contributed by atoms with Crippen molar-refractivity contribution < 1.29 is 4.74 Å². The molecular formula is C11H22N2O. The number of nitrogens with two attached hydrogens (primary N) is 1. The number of rotatable bonds is 5. The van der Waals surface area contributed by atoms with E-state index in [4.69, 9.17) is 10.6 Å². The molecule has 3 atom stereocenters. The van der Waals surface area contributed by atoms with Crippen molar-refractivity contribution in [1.29, 1.82) is 0 Å². The summed E-state index contributed by atoms with van der Waals surface area (Å²) in [6, 6.07) is 0.369. The summed E-state index contributed by atoms with van der Waals surface area (Å²) in [5.41, 5.74) is 2.93. The number of hydrazine groups is 1. The van der Waals surface area contributed by atoms with Gasteiger partial charge < -0.3 is 4.74 Å². The van der Waals surface area contributed by atoms with E-state index in [1.807, 2.05) is 0 Å². The molecule has 2 aliphatic rings. The van der Waals surface area contributed by atoms with Gasteiger partial charge in [-0.15, -0.1) is 0 Å². The molecule has 1 saturated carbocycles. The molecule has 3 N–H and O–H groups in total. The molecular weight excluding hydrogens is 176 g/mol. The second-order valence-corrected chi connectivity index (χ2v) is 4.90. The second kappa shape index (κ2) is 4.60. The molecule has 2 fully saturated rings. The fraction of sp³-hybridized carbons (Fsp3) is 1.00. The summed E-state index contributed by atoms with van der Waals surface area (Å²) in [5.74, 6) is 7.24. The lowest BCUT2D eigenvalue weighted by Gasteiger charge is -2.25. The van der Waals surface area contributed by atoms with E-state index in [9.17, 15) is 0 Å². The van der Waals surface area contributed by atoms with E-state index in [0.717, 1.165) is 12.5 Å². The first-order valence-corrected chi connectivity index (χ1v) is 5.89. The van der Waals surface area contributed by atoms with Crippen LogP contribution in [-0.2, 0) is 4.74 Å². The highest BCUT2D eigenvalue weighted by Gasteiger charge is 2.32. The topological polar surface area (TPSA) is 47.3 Å². The molecule has 14 heavy (non-hydrogen) atoms. The average molecular weight is 198 g/mol. The smallest absolute Gasteiger partial charge is 0.0767 e. The summed E-state index contributed by atoms with van der Waals surface area (Å²) in [4.78, 5) is 0. The largest absolute Gasteiger partial charge is 0.376 e. The molecule has 2 rings (SSSR count). The third kappa shape index (κ3) is 2.47. The molecule has 3 nitrogen and oxygen atoms in total.